The smallest absolute Gasteiger partial charge is 0.339 e. The van der Waals surface area contributed by atoms with Gasteiger partial charge in [-0.25, -0.2) is 4.79 Å². The standard InChI is InChI=1S/C18H20N2O7/c1-9-4-12(17-10(2)11(3)18(25)27-13(17)5-9)26-8-15(22)19-6-14(21)20-7-16(23)24/h4-5H,6-8H2,1-3H3,(H,19,22)(H,20,21)(H,23,24)/p-1. The van der Waals surface area contributed by atoms with E-state index in [0.717, 1.165) is 5.56 Å². The number of nitrogens with one attached hydrogen (secondary N) is 2. The topological polar surface area (TPSA) is 138 Å². The Labute approximate surface area is 154 Å². The Morgan fingerprint density at radius 3 is 2.37 bits per heavy atom. The van der Waals surface area contributed by atoms with Crippen molar-refractivity contribution in [3.8, 4) is 5.75 Å². The van der Waals surface area contributed by atoms with Crippen LogP contribution in [0.15, 0.2) is 21.3 Å². The molecule has 1 aromatic carbocycles. The van der Waals surface area contributed by atoms with Crippen LogP contribution in [0.25, 0.3) is 11.0 Å². The number of carboxylic acid groups (broad SMARTS) is 1. The van der Waals surface area contributed by atoms with Crippen molar-refractivity contribution in [3.63, 3.8) is 0 Å². The number of carboxylic acids is 1. The van der Waals surface area contributed by atoms with E-state index in [1.54, 1.807) is 32.9 Å². The molecule has 0 spiro atoms. The zero-order valence-electron chi connectivity index (χ0n) is 15.1. The molecule has 0 unspecified atom stereocenters. The number of fused-ring (bicyclic) bond motifs is 1. The van der Waals surface area contributed by atoms with Gasteiger partial charge in [-0.3, -0.25) is 9.59 Å². The number of hydrogen-bond acceptors (Lipinski definition) is 7. The lowest BCUT2D eigenvalue weighted by molar-refractivity contribution is -0.304. The summed E-state index contributed by atoms with van der Waals surface area (Å²) in [6.45, 7) is 3.80. The number of carbonyl (C=O) groups excluding carboxylic acids is 3. The number of rotatable bonds is 7. The van der Waals surface area contributed by atoms with Crippen LogP contribution in [0.3, 0.4) is 0 Å². The minimum Gasteiger partial charge on any atom is -0.548 e. The molecular weight excluding hydrogens is 356 g/mol. The van der Waals surface area contributed by atoms with Gasteiger partial charge in [0.25, 0.3) is 5.91 Å². The molecule has 2 amide bonds. The van der Waals surface area contributed by atoms with Crippen LogP contribution in [0.1, 0.15) is 16.7 Å². The number of ether oxygens (including phenoxy) is 1. The Hall–Kier alpha value is -3.36. The van der Waals surface area contributed by atoms with Gasteiger partial charge in [-0.2, -0.15) is 0 Å². The maximum Gasteiger partial charge on any atom is 0.339 e. The first-order valence-corrected chi connectivity index (χ1v) is 8.09. The third-order valence-corrected chi connectivity index (χ3v) is 3.89. The predicted octanol–water partition coefficient (Wildman–Crippen LogP) is -0.921. The molecule has 144 valence electrons. The lowest BCUT2D eigenvalue weighted by Gasteiger charge is -2.13. The number of benzene rings is 1. The number of hydrogen-bond donors (Lipinski definition) is 2. The summed E-state index contributed by atoms with van der Waals surface area (Å²) < 4.78 is 10.8. The van der Waals surface area contributed by atoms with Crippen LogP contribution in [0.2, 0.25) is 0 Å². The molecule has 0 saturated heterocycles. The molecular formula is C18H19N2O7-. The van der Waals surface area contributed by atoms with Crippen LogP contribution >= 0.6 is 0 Å². The number of carbonyl (C=O) groups is 3. The van der Waals surface area contributed by atoms with Gasteiger partial charge in [-0.1, -0.05) is 0 Å². The molecule has 0 radical (unpaired) electrons. The molecule has 0 bridgehead atoms. The highest BCUT2D eigenvalue weighted by molar-refractivity contribution is 5.89. The Morgan fingerprint density at radius 2 is 1.70 bits per heavy atom. The van der Waals surface area contributed by atoms with E-state index in [2.05, 4.69) is 10.6 Å². The molecule has 0 fully saturated rings. The van der Waals surface area contributed by atoms with Crippen molar-refractivity contribution < 1.29 is 28.6 Å². The minimum absolute atomic E-state index is 0.361. The van der Waals surface area contributed by atoms with Crippen LogP contribution in [-0.4, -0.2) is 37.5 Å². The molecule has 0 aliphatic carbocycles. The second-order valence-electron chi connectivity index (χ2n) is 5.99. The second kappa shape index (κ2) is 8.35. The highest BCUT2D eigenvalue weighted by Gasteiger charge is 2.14. The normalized spacial score (nSPS) is 10.5. The highest BCUT2D eigenvalue weighted by atomic mass is 16.5. The van der Waals surface area contributed by atoms with E-state index in [1.807, 2.05) is 0 Å². The largest absolute Gasteiger partial charge is 0.548 e. The van der Waals surface area contributed by atoms with Crippen LogP contribution < -0.4 is 26.1 Å². The fraction of sp³-hybridized carbons (Fsp3) is 0.333. The van der Waals surface area contributed by atoms with Crippen molar-refractivity contribution in [2.75, 3.05) is 19.7 Å². The van der Waals surface area contributed by atoms with Crippen molar-refractivity contribution in [1.82, 2.24) is 10.6 Å². The zero-order chi connectivity index (χ0) is 20.1. The SMILES string of the molecule is Cc1cc(OCC(=O)NCC(=O)NCC(=O)[O-])c2c(C)c(C)c(=O)oc2c1. The molecule has 2 N–H and O–H groups in total. The summed E-state index contributed by atoms with van der Waals surface area (Å²) in [5.74, 6) is -2.28. The fourth-order valence-corrected chi connectivity index (χ4v) is 2.41. The summed E-state index contributed by atoms with van der Waals surface area (Å²) in [6.07, 6.45) is 0. The maximum absolute atomic E-state index is 11.9. The van der Waals surface area contributed by atoms with Gasteiger partial charge in [0, 0.05) is 5.56 Å². The molecule has 1 aromatic heterocycles. The third-order valence-electron chi connectivity index (χ3n) is 3.89. The molecule has 1 heterocycles. The van der Waals surface area contributed by atoms with Crippen molar-refractivity contribution in [2.24, 2.45) is 0 Å². The van der Waals surface area contributed by atoms with Gasteiger partial charge < -0.3 is 29.7 Å². The average molecular weight is 375 g/mol. The number of aliphatic carboxylic acids is 1. The average Bonchev–Trinajstić information content (AvgIpc) is 2.60. The molecule has 9 nitrogen and oxygen atoms in total. The summed E-state index contributed by atoms with van der Waals surface area (Å²) in [7, 11) is 0. The van der Waals surface area contributed by atoms with Gasteiger partial charge in [-0.05, 0) is 44.0 Å². The number of amides is 2. The Bertz CT molecular complexity index is 962. The number of aryl methyl sites for hydroxylation is 2. The van der Waals surface area contributed by atoms with Gasteiger partial charge in [0.2, 0.25) is 5.91 Å². The van der Waals surface area contributed by atoms with Gasteiger partial charge >= 0.3 is 5.63 Å². The summed E-state index contributed by atoms with van der Waals surface area (Å²) >= 11 is 0. The molecule has 9 heteroatoms. The van der Waals surface area contributed by atoms with Gasteiger partial charge in [0.15, 0.2) is 6.61 Å². The molecule has 0 saturated carbocycles. The molecule has 27 heavy (non-hydrogen) atoms. The monoisotopic (exact) mass is 375 g/mol. The van der Waals surface area contributed by atoms with E-state index < -0.39 is 36.5 Å². The van der Waals surface area contributed by atoms with E-state index in [-0.39, 0.29) is 6.61 Å². The van der Waals surface area contributed by atoms with Crippen molar-refractivity contribution in [2.45, 2.75) is 20.8 Å². The maximum atomic E-state index is 11.9. The third kappa shape index (κ3) is 5.06. The van der Waals surface area contributed by atoms with E-state index in [4.69, 9.17) is 9.15 Å². The van der Waals surface area contributed by atoms with Gasteiger partial charge in [-0.15, -0.1) is 0 Å². The molecule has 0 atom stereocenters. The summed E-state index contributed by atoms with van der Waals surface area (Å²) in [4.78, 5) is 45.3. The van der Waals surface area contributed by atoms with Crippen molar-refractivity contribution in [1.29, 1.82) is 0 Å². The summed E-state index contributed by atoms with van der Waals surface area (Å²) in [5.41, 5.74) is 1.85. The van der Waals surface area contributed by atoms with E-state index in [9.17, 15) is 24.3 Å². The molecule has 0 aliphatic heterocycles. The Balaban J connectivity index is 2.07. The summed E-state index contributed by atoms with van der Waals surface area (Å²) in [6, 6.07) is 3.42. The van der Waals surface area contributed by atoms with Crippen LogP contribution in [0, 0.1) is 20.8 Å². The van der Waals surface area contributed by atoms with Crippen molar-refractivity contribution >= 4 is 28.8 Å². The molecule has 0 aliphatic rings. The second-order valence-corrected chi connectivity index (χ2v) is 5.99. The first-order valence-electron chi connectivity index (χ1n) is 8.09. The fourth-order valence-electron chi connectivity index (χ4n) is 2.41. The van der Waals surface area contributed by atoms with Gasteiger partial charge in [0.1, 0.15) is 11.3 Å². The van der Waals surface area contributed by atoms with Crippen molar-refractivity contribution in [3.05, 3.63) is 39.2 Å². The highest BCUT2D eigenvalue weighted by Crippen LogP contribution is 2.30. The lowest BCUT2D eigenvalue weighted by atomic mass is 10.0. The Kier molecular flexibility index (Phi) is 6.17. The predicted molar refractivity (Wildman–Crippen MR) is 93.2 cm³/mol. The zero-order valence-corrected chi connectivity index (χ0v) is 15.1. The first kappa shape index (κ1) is 20.0. The lowest BCUT2D eigenvalue weighted by Crippen LogP contribution is -2.43. The molecule has 2 aromatic rings. The van der Waals surface area contributed by atoms with E-state index in [1.165, 1.54) is 0 Å². The quantitative estimate of drug-likeness (QED) is 0.597. The van der Waals surface area contributed by atoms with Crippen LogP contribution in [-0.2, 0) is 14.4 Å². The van der Waals surface area contributed by atoms with Crippen LogP contribution in [0.5, 0.6) is 5.75 Å². The summed E-state index contributed by atoms with van der Waals surface area (Å²) in [5, 5.41) is 15.2. The van der Waals surface area contributed by atoms with E-state index in [0.29, 0.717) is 27.8 Å². The first-order chi connectivity index (χ1) is 12.7. The Morgan fingerprint density at radius 1 is 1.04 bits per heavy atom. The molecule has 2 rings (SSSR count). The van der Waals surface area contributed by atoms with Crippen LogP contribution in [0.4, 0.5) is 0 Å². The minimum atomic E-state index is -1.43. The van der Waals surface area contributed by atoms with E-state index >= 15 is 0 Å². The van der Waals surface area contributed by atoms with Gasteiger partial charge in [0.05, 0.1) is 24.4 Å².